The predicted octanol–water partition coefficient (Wildman–Crippen LogP) is 3.07. The van der Waals surface area contributed by atoms with Crippen LogP contribution in [0.25, 0.3) is 0 Å². The second kappa shape index (κ2) is 6.31. The van der Waals surface area contributed by atoms with Gasteiger partial charge in [-0.15, -0.1) is 0 Å². The predicted molar refractivity (Wildman–Crippen MR) is 86.8 cm³/mol. The molecule has 8 heteroatoms. The van der Waals surface area contributed by atoms with E-state index in [0.29, 0.717) is 16.3 Å². The number of halogens is 2. The molecule has 0 fully saturated rings. The highest BCUT2D eigenvalue weighted by Gasteiger charge is 2.16. The summed E-state index contributed by atoms with van der Waals surface area (Å²) in [4.78, 5) is 4.25. The summed E-state index contributed by atoms with van der Waals surface area (Å²) in [5.74, 6) is 0.250. The molecule has 1 heterocycles. The van der Waals surface area contributed by atoms with Crippen LogP contribution in [0.4, 0.5) is 5.82 Å². The number of nitrogens with zero attached hydrogens (tertiary/aromatic N) is 1. The van der Waals surface area contributed by atoms with E-state index in [-0.39, 0.29) is 17.3 Å². The molecule has 3 N–H and O–H groups in total. The van der Waals surface area contributed by atoms with Gasteiger partial charge in [0.2, 0.25) is 0 Å². The van der Waals surface area contributed by atoms with Crippen molar-refractivity contribution in [3.8, 4) is 0 Å². The third-order valence-corrected chi connectivity index (χ3v) is 5.37. The first-order valence-electron chi connectivity index (χ1n) is 5.98. The lowest BCUT2D eigenvalue weighted by molar-refractivity contribution is 0.601. The molecule has 0 atom stereocenters. The number of benzene rings is 1. The fourth-order valence-electron chi connectivity index (χ4n) is 1.67. The first kappa shape index (κ1) is 16.2. The van der Waals surface area contributed by atoms with Crippen LogP contribution >= 0.6 is 27.5 Å². The molecular formula is C13H13BrClN3O2S. The molecule has 0 unspecified atom stereocenters. The highest BCUT2D eigenvalue weighted by Crippen LogP contribution is 2.23. The molecule has 21 heavy (non-hydrogen) atoms. The van der Waals surface area contributed by atoms with Crippen LogP contribution in [-0.4, -0.2) is 13.4 Å². The molecule has 112 valence electrons. The normalized spacial score (nSPS) is 11.4. The van der Waals surface area contributed by atoms with E-state index in [2.05, 4.69) is 25.6 Å². The molecule has 0 aliphatic rings. The van der Waals surface area contributed by atoms with Crippen LogP contribution in [0.5, 0.6) is 0 Å². The largest absolute Gasteiger partial charge is 0.326 e. The van der Waals surface area contributed by atoms with Crippen molar-refractivity contribution in [2.24, 2.45) is 5.73 Å². The maximum atomic E-state index is 12.3. The molecule has 5 nitrogen and oxygen atoms in total. The van der Waals surface area contributed by atoms with Gasteiger partial charge in [-0.3, -0.25) is 4.72 Å². The summed E-state index contributed by atoms with van der Waals surface area (Å²) in [6.45, 7) is 1.94. The molecule has 1 aromatic carbocycles. The maximum absolute atomic E-state index is 12.3. The van der Waals surface area contributed by atoms with E-state index in [1.165, 1.54) is 18.2 Å². The lowest BCUT2D eigenvalue weighted by atomic mass is 10.2. The molecule has 2 rings (SSSR count). The summed E-state index contributed by atoms with van der Waals surface area (Å²) in [6.07, 6.45) is 0. The summed E-state index contributed by atoms with van der Waals surface area (Å²) < 4.78 is 27.9. The van der Waals surface area contributed by atoms with Crippen LogP contribution < -0.4 is 10.5 Å². The molecular weight excluding hydrogens is 378 g/mol. The molecule has 1 aromatic heterocycles. The fraction of sp³-hybridized carbons (Fsp3) is 0.154. The Bertz CT molecular complexity index is 781. The van der Waals surface area contributed by atoms with E-state index in [0.717, 1.165) is 4.47 Å². The van der Waals surface area contributed by atoms with Gasteiger partial charge >= 0.3 is 0 Å². The Morgan fingerprint density at radius 1 is 1.33 bits per heavy atom. The Labute approximate surface area is 136 Å². The summed E-state index contributed by atoms with van der Waals surface area (Å²) in [6, 6.07) is 7.70. The van der Waals surface area contributed by atoms with Crippen LogP contribution in [0.15, 0.2) is 39.7 Å². The number of pyridine rings is 1. The smallest absolute Gasteiger partial charge is 0.263 e. The summed E-state index contributed by atoms with van der Waals surface area (Å²) >= 11 is 9.24. The number of anilines is 1. The number of rotatable bonds is 4. The van der Waals surface area contributed by atoms with Crippen molar-refractivity contribution < 1.29 is 8.42 Å². The average molecular weight is 391 g/mol. The van der Waals surface area contributed by atoms with E-state index in [4.69, 9.17) is 17.3 Å². The minimum Gasteiger partial charge on any atom is -0.326 e. The molecule has 2 aromatic rings. The number of aromatic nitrogens is 1. The number of aryl methyl sites for hydroxylation is 1. The Morgan fingerprint density at radius 3 is 2.67 bits per heavy atom. The monoisotopic (exact) mass is 389 g/mol. The molecule has 0 saturated heterocycles. The molecule has 0 amide bonds. The highest BCUT2D eigenvalue weighted by molar-refractivity contribution is 9.10. The van der Waals surface area contributed by atoms with Crippen LogP contribution in [0.3, 0.4) is 0 Å². The van der Waals surface area contributed by atoms with Crippen molar-refractivity contribution in [1.82, 2.24) is 4.98 Å². The average Bonchev–Trinajstić information content (AvgIpc) is 2.43. The van der Waals surface area contributed by atoms with Gasteiger partial charge in [-0.05, 0) is 58.7 Å². The Hall–Kier alpha value is -1.15. The van der Waals surface area contributed by atoms with Crippen LogP contribution in [0.1, 0.15) is 11.3 Å². The molecule has 0 saturated carbocycles. The zero-order valence-corrected chi connectivity index (χ0v) is 14.3. The number of sulfonamides is 1. The summed E-state index contributed by atoms with van der Waals surface area (Å²) in [5, 5.41) is 0.439. The van der Waals surface area contributed by atoms with Gasteiger partial charge < -0.3 is 5.73 Å². The van der Waals surface area contributed by atoms with Crippen LogP contribution in [0, 0.1) is 6.92 Å². The molecule has 0 aliphatic heterocycles. The van der Waals surface area contributed by atoms with E-state index in [1.54, 1.807) is 19.1 Å². The Balaban J connectivity index is 2.35. The molecule has 0 spiro atoms. The first-order chi connectivity index (χ1) is 9.83. The highest BCUT2D eigenvalue weighted by atomic mass is 79.9. The van der Waals surface area contributed by atoms with Gasteiger partial charge in [0.05, 0.1) is 10.6 Å². The summed E-state index contributed by atoms with van der Waals surface area (Å²) in [7, 11) is -3.73. The van der Waals surface area contributed by atoms with Gasteiger partial charge in [0.15, 0.2) is 0 Å². The van der Waals surface area contributed by atoms with Crippen molar-refractivity contribution in [3.63, 3.8) is 0 Å². The SMILES string of the molecule is Cc1nc(NS(=O)(=O)c2ccc(Cl)c(CN)c2)ccc1Br. The standard InChI is InChI=1S/C13H13BrClN3O2S/c1-8-11(14)3-5-13(17-8)18-21(19,20)10-2-4-12(15)9(6-10)7-16/h2-6H,7,16H2,1H3,(H,17,18). The van der Waals surface area contributed by atoms with Gasteiger partial charge in [-0.25, -0.2) is 13.4 Å². The number of nitrogens with one attached hydrogen (secondary N) is 1. The van der Waals surface area contributed by atoms with Gasteiger partial charge in [0.25, 0.3) is 10.0 Å². The lowest BCUT2D eigenvalue weighted by Gasteiger charge is -2.10. The molecule has 0 radical (unpaired) electrons. The van der Waals surface area contributed by atoms with Crippen LogP contribution in [-0.2, 0) is 16.6 Å². The van der Waals surface area contributed by atoms with Gasteiger partial charge in [-0.2, -0.15) is 0 Å². The zero-order chi connectivity index (χ0) is 15.6. The third kappa shape index (κ3) is 3.74. The number of hydrogen-bond acceptors (Lipinski definition) is 4. The second-order valence-corrected chi connectivity index (χ2v) is 7.27. The maximum Gasteiger partial charge on any atom is 0.263 e. The quantitative estimate of drug-likeness (QED) is 0.840. The van der Waals surface area contributed by atoms with Crippen molar-refractivity contribution >= 4 is 43.4 Å². The topological polar surface area (TPSA) is 85.1 Å². The van der Waals surface area contributed by atoms with E-state index >= 15 is 0 Å². The van der Waals surface area contributed by atoms with E-state index in [1.807, 2.05) is 0 Å². The Kier molecular flexibility index (Phi) is 4.88. The second-order valence-electron chi connectivity index (χ2n) is 4.33. The number of hydrogen-bond donors (Lipinski definition) is 2. The van der Waals surface area contributed by atoms with Crippen molar-refractivity contribution in [2.45, 2.75) is 18.4 Å². The van der Waals surface area contributed by atoms with E-state index in [9.17, 15) is 8.42 Å². The summed E-state index contributed by atoms with van der Waals surface area (Å²) in [5.41, 5.74) is 6.79. The van der Waals surface area contributed by atoms with Gasteiger partial charge in [0, 0.05) is 16.0 Å². The van der Waals surface area contributed by atoms with Crippen molar-refractivity contribution in [2.75, 3.05) is 4.72 Å². The van der Waals surface area contributed by atoms with Crippen molar-refractivity contribution in [1.29, 1.82) is 0 Å². The third-order valence-electron chi connectivity index (χ3n) is 2.81. The molecule has 0 bridgehead atoms. The Morgan fingerprint density at radius 2 is 2.05 bits per heavy atom. The molecule has 0 aliphatic carbocycles. The van der Waals surface area contributed by atoms with Crippen molar-refractivity contribution in [3.05, 3.63) is 51.1 Å². The van der Waals surface area contributed by atoms with E-state index < -0.39 is 10.0 Å². The first-order valence-corrected chi connectivity index (χ1v) is 8.63. The number of nitrogens with two attached hydrogens (primary N) is 1. The van der Waals surface area contributed by atoms with Crippen LogP contribution in [0.2, 0.25) is 5.02 Å². The lowest BCUT2D eigenvalue weighted by Crippen LogP contribution is -2.15. The van der Waals surface area contributed by atoms with Gasteiger partial charge in [0.1, 0.15) is 5.82 Å². The zero-order valence-electron chi connectivity index (χ0n) is 11.1. The fourth-order valence-corrected chi connectivity index (χ4v) is 3.14. The van der Waals surface area contributed by atoms with Gasteiger partial charge in [-0.1, -0.05) is 11.6 Å². The minimum absolute atomic E-state index is 0.0923. The minimum atomic E-state index is -3.73.